The number of aromatic nitrogens is 2. The second-order valence-electron chi connectivity index (χ2n) is 5.29. The van der Waals surface area contributed by atoms with Crippen LogP contribution in [0.2, 0.25) is 0 Å². The van der Waals surface area contributed by atoms with Crippen molar-refractivity contribution in [3.63, 3.8) is 0 Å². The molecule has 3 aromatic rings. The zero-order valence-electron chi connectivity index (χ0n) is 12.5. The molecule has 4 heteroatoms. The monoisotopic (exact) mass is 281 g/mol. The first kappa shape index (κ1) is 13.6. The molecular formula is C17H19N3O. The van der Waals surface area contributed by atoms with E-state index in [1.54, 1.807) is 7.11 Å². The van der Waals surface area contributed by atoms with E-state index >= 15 is 0 Å². The number of methoxy groups -OCH3 is 1. The topological polar surface area (TPSA) is 52.5 Å². The molecule has 0 aliphatic carbocycles. The van der Waals surface area contributed by atoms with Gasteiger partial charge >= 0.3 is 0 Å². The average molecular weight is 281 g/mol. The minimum atomic E-state index is -0.200. The highest BCUT2D eigenvalue weighted by atomic mass is 16.5. The first-order chi connectivity index (χ1) is 10.1. The van der Waals surface area contributed by atoms with Crippen LogP contribution in [0.3, 0.4) is 0 Å². The summed E-state index contributed by atoms with van der Waals surface area (Å²) in [6.07, 6.45) is 3.77. The highest BCUT2D eigenvalue weighted by Crippen LogP contribution is 2.30. The number of nitrogens with zero attached hydrogens (tertiary/aromatic N) is 2. The predicted octanol–water partition coefficient (Wildman–Crippen LogP) is 3.01. The highest BCUT2D eigenvalue weighted by Gasteiger charge is 2.17. The van der Waals surface area contributed by atoms with Crippen LogP contribution in [0.1, 0.15) is 28.3 Å². The lowest BCUT2D eigenvalue weighted by molar-refractivity contribution is 0.411. The molecule has 0 aliphatic heterocycles. The van der Waals surface area contributed by atoms with Gasteiger partial charge in [-0.2, -0.15) is 5.10 Å². The molecule has 1 aromatic carbocycles. The Morgan fingerprint density at radius 2 is 1.95 bits per heavy atom. The van der Waals surface area contributed by atoms with Gasteiger partial charge in [0.1, 0.15) is 5.75 Å². The maximum atomic E-state index is 6.49. The molecule has 0 fully saturated rings. The molecule has 1 unspecified atom stereocenters. The first-order valence-electron chi connectivity index (χ1n) is 6.95. The van der Waals surface area contributed by atoms with Crippen molar-refractivity contribution < 1.29 is 4.74 Å². The summed E-state index contributed by atoms with van der Waals surface area (Å²) in [5, 5.41) is 4.36. The van der Waals surface area contributed by atoms with E-state index < -0.39 is 0 Å². The van der Waals surface area contributed by atoms with Gasteiger partial charge in [-0.3, -0.25) is 0 Å². The summed E-state index contributed by atoms with van der Waals surface area (Å²) in [5.41, 5.74) is 11.9. The molecule has 0 saturated heterocycles. The van der Waals surface area contributed by atoms with Gasteiger partial charge in [-0.05, 0) is 48.7 Å². The van der Waals surface area contributed by atoms with Crippen molar-refractivity contribution in [2.75, 3.05) is 7.11 Å². The number of nitrogens with two attached hydrogens (primary N) is 1. The average Bonchev–Trinajstić information content (AvgIpc) is 2.92. The maximum absolute atomic E-state index is 6.49. The molecule has 0 saturated carbocycles. The summed E-state index contributed by atoms with van der Waals surface area (Å²) in [6.45, 7) is 4.09. The lowest BCUT2D eigenvalue weighted by Gasteiger charge is -2.17. The third-order valence-corrected chi connectivity index (χ3v) is 3.91. The molecule has 4 nitrogen and oxygen atoms in total. The molecule has 2 N–H and O–H groups in total. The van der Waals surface area contributed by atoms with E-state index in [9.17, 15) is 0 Å². The number of hydrogen-bond acceptors (Lipinski definition) is 3. The molecule has 1 atom stereocenters. The van der Waals surface area contributed by atoms with E-state index in [1.165, 1.54) is 0 Å². The van der Waals surface area contributed by atoms with Crippen molar-refractivity contribution >= 4 is 5.52 Å². The van der Waals surface area contributed by atoms with Crippen LogP contribution in [0.25, 0.3) is 5.52 Å². The minimum Gasteiger partial charge on any atom is -0.496 e. The fraction of sp³-hybridized carbons (Fsp3) is 0.235. The van der Waals surface area contributed by atoms with Crippen LogP contribution in [0.5, 0.6) is 5.75 Å². The summed E-state index contributed by atoms with van der Waals surface area (Å²) in [6, 6.07) is 9.93. The number of aryl methyl sites for hydroxylation is 2. The van der Waals surface area contributed by atoms with Crippen molar-refractivity contribution in [3.8, 4) is 5.75 Å². The van der Waals surface area contributed by atoms with Gasteiger partial charge in [0, 0.05) is 11.8 Å². The van der Waals surface area contributed by atoms with Crippen LogP contribution >= 0.6 is 0 Å². The minimum absolute atomic E-state index is 0.200. The Hall–Kier alpha value is -2.33. The third-order valence-electron chi connectivity index (χ3n) is 3.91. The summed E-state index contributed by atoms with van der Waals surface area (Å²) in [4.78, 5) is 0. The van der Waals surface area contributed by atoms with E-state index in [2.05, 4.69) is 18.1 Å². The van der Waals surface area contributed by atoms with E-state index in [-0.39, 0.29) is 6.04 Å². The molecule has 0 spiro atoms. The molecule has 21 heavy (non-hydrogen) atoms. The fourth-order valence-corrected chi connectivity index (χ4v) is 2.73. The molecule has 2 heterocycles. The molecule has 3 rings (SSSR count). The van der Waals surface area contributed by atoms with E-state index in [0.717, 1.165) is 33.5 Å². The fourth-order valence-electron chi connectivity index (χ4n) is 2.73. The van der Waals surface area contributed by atoms with Crippen molar-refractivity contribution in [3.05, 3.63) is 65.0 Å². The molecule has 108 valence electrons. The number of pyridine rings is 1. The normalized spacial score (nSPS) is 12.6. The number of rotatable bonds is 3. The SMILES string of the molecule is COc1cc(C)c(C(N)c2cnn3ccccc23)cc1C. The molecular weight excluding hydrogens is 262 g/mol. The zero-order valence-corrected chi connectivity index (χ0v) is 12.5. The standard InChI is InChI=1S/C17H19N3O/c1-11-9-16(21-3)12(2)8-13(11)17(18)14-10-19-20-7-5-4-6-15(14)20/h4-10,17H,18H2,1-3H3. The summed E-state index contributed by atoms with van der Waals surface area (Å²) in [5.74, 6) is 0.892. The Balaban J connectivity index is 2.10. The number of ether oxygens (including phenoxy) is 1. The maximum Gasteiger partial charge on any atom is 0.122 e. The number of benzene rings is 1. The van der Waals surface area contributed by atoms with E-state index in [1.807, 2.05) is 48.1 Å². The van der Waals surface area contributed by atoms with Gasteiger partial charge in [-0.1, -0.05) is 12.1 Å². The van der Waals surface area contributed by atoms with Crippen molar-refractivity contribution in [2.45, 2.75) is 19.9 Å². The Kier molecular flexibility index (Phi) is 3.39. The number of fused-ring (bicyclic) bond motifs is 1. The quantitative estimate of drug-likeness (QED) is 0.803. The molecule has 0 aliphatic rings. The van der Waals surface area contributed by atoms with Crippen molar-refractivity contribution in [1.29, 1.82) is 0 Å². The Bertz CT molecular complexity index is 792. The first-order valence-corrected chi connectivity index (χ1v) is 6.95. The van der Waals surface area contributed by atoms with Crippen LogP contribution < -0.4 is 10.5 Å². The largest absolute Gasteiger partial charge is 0.496 e. The highest BCUT2D eigenvalue weighted by molar-refractivity contribution is 5.58. The van der Waals surface area contributed by atoms with Crippen LogP contribution in [-0.4, -0.2) is 16.7 Å². The Morgan fingerprint density at radius 3 is 2.71 bits per heavy atom. The summed E-state index contributed by atoms with van der Waals surface area (Å²) < 4.78 is 7.21. The van der Waals surface area contributed by atoms with E-state index in [4.69, 9.17) is 10.5 Å². The van der Waals surface area contributed by atoms with Gasteiger partial charge in [0.15, 0.2) is 0 Å². The Morgan fingerprint density at radius 1 is 1.14 bits per heavy atom. The van der Waals surface area contributed by atoms with Gasteiger partial charge in [-0.15, -0.1) is 0 Å². The molecule has 0 amide bonds. The zero-order chi connectivity index (χ0) is 15.0. The van der Waals surface area contributed by atoms with Crippen LogP contribution in [0.4, 0.5) is 0 Å². The lowest BCUT2D eigenvalue weighted by atomic mass is 9.94. The van der Waals surface area contributed by atoms with Crippen molar-refractivity contribution in [2.24, 2.45) is 5.73 Å². The third kappa shape index (κ3) is 2.28. The summed E-state index contributed by atoms with van der Waals surface area (Å²) >= 11 is 0. The predicted molar refractivity (Wildman–Crippen MR) is 83.7 cm³/mol. The second-order valence-corrected chi connectivity index (χ2v) is 5.29. The van der Waals surface area contributed by atoms with Crippen LogP contribution in [0.15, 0.2) is 42.7 Å². The molecule has 0 radical (unpaired) electrons. The van der Waals surface area contributed by atoms with Crippen LogP contribution in [-0.2, 0) is 0 Å². The summed E-state index contributed by atoms with van der Waals surface area (Å²) in [7, 11) is 1.69. The van der Waals surface area contributed by atoms with Gasteiger partial charge < -0.3 is 10.5 Å². The molecule has 2 aromatic heterocycles. The van der Waals surface area contributed by atoms with Gasteiger partial charge in [0.05, 0.1) is 24.9 Å². The van der Waals surface area contributed by atoms with Crippen LogP contribution in [0, 0.1) is 13.8 Å². The van der Waals surface area contributed by atoms with Gasteiger partial charge in [0.2, 0.25) is 0 Å². The number of hydrogen-bond donors (Lipinski definition) is 1. The lowest BCUT2D eigenvalue weighted by Crippen LogP contribution is -2.13. The van der Waals surface area contributed by atoms with E-state index in [0.29, 0.717) is 0 Å². The molecule has 0 bridgehead atoms. The smallest absolute Gasteiger partial charge is 0.122 e. The van der Waals surface area contributed by atoms with Gasteiger partial charge in [0.25, 0.3) is 0 Å². The second kappa shape index (κ2) is 5.22. The van der Waals surface area contributed by atoms with Crippen molar-refractivity contribution in [1.82, 2.24) is 9.61 Å². The van der Waals surface area contributed by atoms with Gasteiger partial charge in [-0.25, -0.2) is 4.52 Å². The Labute approximate surface area is 124 Å².